The molecule has 151 valence electrons. The molecule has 0 aromatic rings. The van der Waals surface area contributed by atoms with Crippen molar-refractivity contribution in [3.05, 3.63) is 0 Å². The van der Waals surface area contributed by atoms with Crippen molar-refractivity contribution in [2.24, 2.45) is 0 Å². The van der Waals surface area contributed by atoms with Crippen molar-refractivity contribution in [2.75, 3.05) is 0 Å². The van der Waals surface area contributed by atoms with Crippen LogP contribution < -0.4 is 0 Å². The van der Waals surface area contributed by atoms with Crippen LogP contribution in [-0.4, -0.2) is 51.8 Å². The lowest BCUT2D eigenvalue weighted by Crippen LogP contribution is -2.56. The van der Waals surface area contributed by atoms with Crippen LogP contribution >= 0.6 is 0 Å². The van der Waals surface area contributed by atoms with Crippen LogP contribution in [0, 0.1) is 0 Å². The Morgan fingerprint density at radius 2 is 1.24 bits per heavy atom. The van der Waals surface area contributed by atoms with Gasteiger partial charge in [0, 0.05) is 0 Å². The summed E-state index contributed by atoms with van der Waals surface area (Å²) in [6.45, 7) is 26.9. The van der Waals surface area contributed by atoms with Gasteiger partial charge in [0.25, 0.3) is 0 Å². The molecule has 0 aliphatic carbocycles. The highest BCUT2D eigenvalue weighted by Gasteiger charge is 2.44. The van der Waals surface area contributed by atoms with Crippen LogP contribution in [0.4, 0.5) is 0 Å². The molecule has 1 atom stereocenters. The van der Waals surface area contributed by atoms with Crippen LogP contribution in [-0.2, 0) is 16.5 Å². The van der Waals surface area contributed by atoms with E-state index in [1.807, 2.05) is 0 Å². The lowest BCUT2D eigenvalue weighted by Gasteiger charge is -2.41. The first kappa shape index (κ1) is 26.1. The molecule has 1 radical (unpaired) electrons. The molecule has 0 amide bonds. The first-order valence-electron chi connectivity index (χ1n) is 9.53. The molecule has 1 unspecified atom stereocenters. The molecule has 0 aromatic carbocycles. The van der Waals surface area contributed by atoms with E-state index < -0.39 is 51.8 Å². The third kappa shape index (κ3) is 14.8. The maximum Gasteiger partial charge on any atom is 0.315 e. The van der Waals surface area contributed by atoms with Crippen LogP contribution in [0.5, 0.6) is 0 Å². The summed E-state index contributed by atoms with van der Waals surface area (Å²) >= 11 is 0. The van der Waals surface area contributed by atoms with Gasteiger partial charge in [0.05, 0.1) is 0 Å². The minimum atomic E-state index is -2.23. The van der Waals surface area contributed by atoms with Gasteiger partial charge < -0.3 is 16.5 Å². The summed E-state index contributed by atoms with van der Waals surface area (Å²) in [5, 5.41) is 0. The van der Waals surface area contributed by atoms with E-state index in [0.717, 1.165) is 12.5 Å². The minimum absolute atomic E-state index is 0.655. The number of rotatable bonds is 12. The molecule has 0 bridgehead atoms. The summed E-state index contributed by atoms with van der Waals surface area (Å²) in [6, 6.07) is 2.24. The lowest BCUT2D eigenvalue weighted by molar-refractivity contribution is 0.323. The Morgan fingerprint density at radius 1 is 0.760 bits per heavy atom. The molecule has 0 fully saturated rings. The third-order valence-electron chi connectivity index (χ3n) is 3.13. The van der Waals surface area contributed by atoms with Gasteiger partial charge in [-0.15, -0.1) is 0 Å². The van der Waals surface area contributed by atoms with Gasteiger partial charge in [0.2, 0.25) is 0 Å². The predicted molar refractivity (Wildman–Crippen MR) is 125 cm³/mol. The molecule has 0 aromatic heterocycles. The molecule has 0 heterocycles. The van der Waals surface area contributed by atoms with E-state index in [1.54, 1.807) is 0 Å². The predicted octanol–water partition coefficient (Wildman–Crippen LogP) is 5.49. The molecular formula is C15H43O4Si6. The molecule has 25 heavy (non-hydrogen) atoms. The van der Waals surface area contributed by atoms with Gasteiger partial charge in [0.15, 0.2) is 34.7 Å². The maximum absolute atomic E-state index is 6.72. The van der Waals surface area contributed by atoms with Crippen LogP contribution in [0.2, 0.25) is 90.7 Å². The molecule has 0 aliphatic heterocycles. The van der Waals surface area contributed by atoms with Crippen LogP contribution in [0.1, 0.15) is 6.42 Å². The molecule has 0 spiro atoms. The molecule has 0 N–H and O–H groups in total. The molecule has 0 aliphatic rings. The van der Waals surface area contributed by atoms with Crippen LogP contribution in [0.25, 0.3) is 0 Å². The van der Waals surface area contributed by atoms with Gasteiger partial charge in [-0.25, -0.2) is 0 Å². The van der Waals surface area contributed by atoms with Crippen molar-refractivity contribution in [3.63, 3.8) is 0 Å². The summed E-state index contributed by atoms with van der Waals surface area (Å²) in [5.74, 6) is 0. The van der Waals surface area contributed by atoms with E-state index in [2.05, 4.69) is 78.6 Å². The normalized spacial score (nSPS) is 16.6. The van der Waals surface area contributed by atoms with Crippen molar-refractivity contribution in [2.45, 2.75) is 97.1 Å². The Balaban J connectivity index is 4.95. The van der Waals surface area contributed by atoms with Gasteiger partial charge in [0.1, 0.15) is 0 Å². The summed E-state index contributed by atoms with van der Waals surface area (Å²) in [4.78, 5) is 0. The molecule has 4 nitrogen and oxygen atoms in total. The third-order valence-corrected chi connectivity index (χ3v) is 21.2. The highest BCUT2D eigenvalue weighted by Crippen LogP contribution is 2.28. The first-order chi connectivity index (χ1) is 10.9. The van der Waals surface area contributed by atoms with E-state index in [4.69, 9.17) is 16.5 Å². The van der Waals surface area contributed by atoms with Gasteiger partial charge in [-0.05, 0) is 90.7 Å². The Labute approximate surface area is 165 Å². The topological polar surface area (TPSA) is 36.9 Å². The van der Waals surface area contributed by atoms with Crippen molar-refractivity contribution >= 4 is 51.8 Å². The Bertz CT molecular complexity index is 394. The van der Waals surface area contributed by atoms with E-state index in [0.29, 0.717) is 0 Å². The number of hydrogen-bond donors (Lipinski definition) is 0. The summed E-state index contributed by atoms with van der Waals surface area (Å²) in [7, 11) is -9.25. The monoisotopic (exact) mass is 455 g/mol. The maximum atomic E-state index is 6.72. The highest BCUT2D eigenvalue weighted by molar-refractivity contribution is 6.89. The fraction of sp³-hybridized carbons (Fsp3) is 1.00. The lowest BCUT2D eigenvalue weighted by atomic mass is 10.6. The van der Waals surface area contributed by atoms with Gasteiger partial charge in [-0.3, -0.25) is 0 Å². The van der Waals surface area contributed by atoms with Crippen LogP contribution in [0.3, 0.4) is 0 Å². The quantitative estimate of drug-likeness (QED) is 0.364. The van der Waals surface area contributed by atoms with Crippen molar-refractivity contribution < 1.29 is 16.5 Å². The van der Waals surface area contributed by atoms with Crippen molar-refractivity contribution in [3.8, 4) is 0 Å². The van der Waals surface area contributed by atoms with E-state index in [-0.39, 0.29) is 0 Å². The standard InChI is InChI=1S/C15H43O4Si6/c1-20(2)16-21(3)14-13-15-25(12,18-23(7,8)9)19-24(10,11)17-22(4,5)6/h20H,13-15H2,1-12H3. The van der Waals surface area contributed by atoms with E-state index >= 15 is 0 Å². The second-order valence-electron chi connectivity index (χ2n) is 9.79. The summed E-state index contributed by atoms with van der Waals surface area (Å²) in [5.41, 5.74) is 0. The zero-order valence-corrected chi connectivity index (χ0v) is 25.0. The van der Waals surface area contributed by atoms with Gasteiger partial charge in [-0.2, -0.15) is 0 Å². The Hall–Kier alpha value is 1.14. The fourth-order valence-electron chi connectivity index (χ4n) is 3.17. The van der Waals surface area contributed by atoms with Crippen LogP contribution in [0.15, 0.2) is 0 Å². The molecule has 0 saturated carbocycles. The number of hydrogen-bond acceptors (Lipinski definition) is 4. The largest absolute Gasteiger partial charge is 0.458 e. The average molecular weight is 456 g/mol. The second kappa shape index (κ2) is 10.1. The van der Waals surface area contributed by atoms with Gasteiger partial charge >= 0.3 is 17.1 Å². The molecule has 0 saturated heterocycles. The minimum Gasteiger partial charge on any atom is -0.458 e. The zero-order valence-electron chi connectivity index (χ0n) is 18.8. The van der Waals surface area contributed by atoms with Crippen molar-refractivity contribution in [1.29, 1.82) is 0 Å². The summed E-state index contributed by atoms with van der Waals surface area (Å²) < 4.78 is 25.9. The SMILES string of the molecule is C[Si](CCC[Si](C)(O[Si](C)(C)C)O[Si](C)(C)O[Si](C)(C)C)O[SiH](C)C. The zero-order chi connectivity index (χ0) is 20.1. The van der Waals surface area contributed by atoms with E-state index in [9.17, 15) is 0 Å². The fourth-order valence-corrected chi connectivity index (χ4v) is 25.8. The highest BCUT2D eigenvalue weighted by atomic mass is 28.5. The van der Waals surface area contributed by atoms with Crippen molar-refractivity contribution in [1.82, 2.24) is 0 Å². The first-order valence-corrected chi connectivity index (χ1v) is 26.6. The Kier molecular flexibility index (Phi) is 10.5. The Morgan fingerprint density at radius 3 is 1.64 bits per heavy atom. The molecular weight excluding hydrogens is 413 g/mol. The smallest absolute Gasteiger partial charge is 0.315 e. The average Bonchev–Trinajstić information content (AvgIpc) is 2.18. The molecule has 10 heteroatoms. The van der Waals surface area contributed by atoms with Gasteiger partial charge in [-0.1, -0.05) is 6.42 Å². The summed E-state index contributed by atoms with van der Waals surface area (Å²) in [6.07, 6.45) is 1.15. The molecule has 0 rings (SSSR count). The second-order valence-corrected chi connectivity index (χ2v) is 31.2. The van der Waals surface area contributed by atoms with E-state index in [1.165, 1.54) is 6.04 Å².